The predicted molar refractivity (Wildman–Crippen MR) is 102 cm³/mol. The van der Waals surface area contributed by atoms with E-state index in [9.17, 15) is 8.42 Å². The fraction of sp³-hybridized carbons (Fsp3) is 0.474. The van der Waals surface area contributed by atoms with Crippen LogP contribution in [-0.2, 0) is 22.1 Å². The SMILES string of the molecule is CS(=O)(=O)Cc1ccccc1CNc1cncc(OC2CCCCC2)n1. The summed E-state index contributed by atoms with van der Waals surface area (Å²) < 4.78 is 29.1. The lowest BCUT2D eigenvalue weighted by Crippen LogP contribution is -2.20. The summed E-state index contributed by atoms with van der Waals surface area (Å²) in [7, 11) is -3.08. The predicted octanol–water partition coefficient (Wildman–Crippen LogP) is 3.34. The summed E-state index contributed by atoms with van der Waals surface area (Å²) in [5.74, 6) is 1.18. The Morgan fingerprint density at radius 3 is 2.58 bits per heavy atom. The minimum absolute atomic E-state index is 0.0291. The van der Waals surface area contributed by atoms with Crippen LogP contribution in [0.3, 0.4) is 0 Å². The van der Waals surface area contributed by atoms with E-state index in [1.165, 1.54) is 25.5 Å². The molecule has 1 aromatic carbocycles. The van der Waals surface area contributed by atoms with Crippen molar-refractivity contribution in [3.05, 3.63) is 47.8 Å². The van der Waals surface area contributed by atoms with Crippen molar-refractivity contribution in [3.63, 3.8) is 0 Å². The van der Waals surface area contributed by atoms with Crippen molar-refractivity contribution in [2.24, 2.45) is 0 Å². The van der Waals surface area contributed by atoms with Gasteiger partial charge in [-0.25, -0.2) is 8.42 Å². The first-order chi connectivity index (χ1) is 12.5. The molecule has 1 N–H and O–H groups in total. The van der Waals surface area contributed by atoms with Crippen molar-refractivity contribution in [1.82, 2.24) is 9.97 Å². The highest BCUT2D eigenvalue weighted by Crippen LogP contribution is 2.22. The van der Waals surface area contributed by atoms with Crippen LogP contribution in [0.25, 0.3) is 0 Å². The zero-order chi connectivity index (χ0) is 18.4. The van der Waals surface area contributed by atoms with Crippen LogP contribution in [0.5, 0.6) is 5.88 Å². The Labute approximate surface area is 154 Å². The second-order valence-electron chi connectivity index (χ2n) is 6.81. The van der Waals surface area contributed by atoms with Gasteiger partial charge in [0.05, 0.1) is 18.1 Å². The molecule has 1 aliphatic carbocycles. The summed E-state index contributed by atoms with van der Waals surface area (Å²) in [5.41, 5.74) is 1.73. The van der Waals surface area contributed by atoms with E-state index >= 15 is 0 Å². The second kappa shape index (κ2) is 8.49. The molecule has 0 amide bonds. The molecule has 0 saturated heterocycles. The quantitative estimate of drug-likeness (QED) is 0.799. The van der Waals surface area contributed by atoms with E-state index in [1.54, 1.807) is 12.4 Å². The van der Waals surface area contributed by atoms with E-state index in [4.69, 9.17) is 4.74 Å². The molecule has 140 valence electrons. The van der Waals surface area contributed by atoms with Gasteiger partial charge in [-0.1, -0.05) is 30.7 Å². The summed E-state index contributed by atoms with van der Waals surface area (Å²) in [4.78, 5) is 8.67. The largest absolute Gasteiger partial charge is 0.473 e. The Bertz CT molecular complexity index is 833. The average Bonchev–Trinajstić information content (AvgIpc) is 2.61. The van der Waals surface area contributed by atoms with Crippen LogP contribution >= 0.6 is 0 Å². The van der Waals surface area contributed by atoms with E-state index in [2.05, 4.69) is 15.3 Å². The van der Waals surface area contributed by atoms with Gasteiger partial charge in [-0.05, 0) is 36.8 Å². The number of aromatic nitrogens is 2. The first-order valence-corrected chi connectivity index (χ1v) is 11.0. The molecule has 7 heteroatoms. The summed E-state index contributed by atoms with van der Waals surface area (Å²) in [6.45, 7) is 0.479. The van der Waals surface area contributed by atoms with Crippen LogP contribution < -0.4 is 10.1 Å². The third-order valence-corrected chi connectivity index (χ3v) is 5.28. The fourth-order valence-electron chi connectivity index (χ4n) is 3.18. The van der Waals surface area contributed by atoms with E-state index < -0.39 is 9.84 Å². The van der Waals surface area contributed by atoms with Crippen LogP contribution in [0.1, 0.15) is 43.2 Å². The number of nitrogens with zero attached hydrogens (tertiary/aromatic N) is 2. The lowest BCUT2D eigenvalue weighted by atomic mass is 9.98. The van der Waals surface area contributed by atoms with Crippen molar-refractivity contribution < 1.29 is 13.2 Å². The van der Waals surface area contributed by atoms with Gasteiger partial charge in [0, 0.05) is 12.8 Å². The standard InChI is InChI=1S/C19H25N3O3S/c1-26(23,24)14-16-8-6-5-7-15(16)11-21-18-12-20-13-19(22-18)25-17-9-3-2-4-10-17/h5-8,12-13,17H,2-4,9-11,14H2,1H3,(H,21,22). The van der Waals surface area contributed by atoms with Gasteiger partial charge in [-0.3, -0.25) is 4.98 Å². The van der Waals surface area contributed by atoms with Crippen LogP contribution in [0.2, 0.25) is 0 Å². The molecule has 3 rings (SSSR count). The van der Waals surface area contributed by atoms with Gasteiger partial charge in [0.2, 0.25) is 5.88 Å². The topological polar surface area (TPSA) is 81.2 Å². The Morgan fingerprint density at radius 2 is 1.85 bits per heavy atom. The fourth-order valence-corrected chi connectivity index (χ4v) is 4.03. The van der Waals surface area contributed by atoms with Crippen LogP contribution in [0, 0.1) is 0 Å². The zero-order valence-corrected chi connectivity index (χ0v) is 15.8. The van der Waals surface area contributed by atoms with Gasteiger partial charge in [-0.15, -0.1) is 0 Å². The minimum atomic E-state index is -3.08. The Kier molecular flexibility index (Phi) is 6.08. The van der Waals surface area contributed by atoms with E-state index in [-0.39, 0.29) is 11.9 Å². The summed E-state index contributed by atoms with van der Waals surface area (Å²) in [5, 5.41) is 3.22. The van der Waals surface area contributed by atoms with Crippen LogP contribution in [0.4, 0.5) is 5.82 Å². The van der Waals surface area contributed by atoms with Gasteiger partial charge in [-0.2, -0.15) is 4.98 Å². The number of anilines is 1. The van der Waals surface area contributed by atoms with Crippen molar-refractivity contribution in [2.75, 3.05) is 11.6 Å². The highest BCUT2D eigenvalue weighted by molar-refractivity contribution is 7.89. The maximum Gasteiger partial charge on any atom is 0.234 e. The van der Waals surface area contributed by atoms with Gasteiger partial charge in [0.1, 0.15) is 11.9 Å². The number of rotatable bonds is 7. The molecule has 0 spiro atoms. The number of sulfone groups is 1. The molecule has 1 aliphatic rings. The molecule has 1 heterocycles. The Hall–Kier alpha value is -2.15. The Balaban J connectivity index is 1.64. The molecule has 0 radical (unpaired) electrons. The Morgan fingerprint density at radius 1 is 1.12 bits per heavy atom. The molecule has 0 bridgehead atoms. The summed E-state index contributed by atoms with van der Waals surface area (Å²) in [6.07, 6.45) is 10.6. The molecular weight excluding hydrogens is 350 g/mol. The first-order valence-electron chi connectivity index (χ1n) is 8.97. The lowest BCUT2D eigenvalue weighted by Gasteiger charge is -2.22. The first kappa shape index (κ1) is 18.6. The highest BCUT2D eigenvalue weighted by Gasteiger charge is 2.16. The van der Waals surface area contributed by atoms with Gasteiger partial charge in [0.25, 0.3) is 0 Å². The highest BCUT2D eigenvalue weighted by atomic mass is 32.2. The monoisotopic (exact) mass is 375 g/mol. The molecule has 1 saturated carbocycles. The van der Waals surface area contributed by atoms with E-state index in [1.807, 2.05) is 24.3 Å². The molecule has 26 heavy (non-hydrogen) atoms. The van der Waals surface area contributed by atoms with Crippen molar-refractivity contribution >= 4 is 15.7 Å². The van der Waals surface area contributed by atoms with Crippen molar-refractivity contribution in [2.45, 2.75) is 50.5 Å². The van der Waals surface area contributed by atoms with E-state index in [0.29, 0.717) is 18.2 Å². The van der Waals surface area contributed by atoms with Crippen molar-refractivity contribution in [1.29, 1.82) is 0 Å². The van der Waals surface area contributed by atoms with Gasteiger partial charge >= 0.3 is 0 Å². The van der Waals surface area contributed by atoms with Gasteiger partial charge < -0.3 is 10.1 Å². The third kappa shape index (κ3) is 5.69. The summed E-state index contributed by atoms with van der Waals surface area (Å²) in [6, 6.07) is 7.51. The van der Waals surface area contributed by atoms with E-state index in [0.717, 1.165) is 24.0 Å². The van der Waals surface area contributed by atoms with Crippen LogP contribution in [-0.4, -0.2) is 30.7 Å². The molecule has 0 aliphatic heterocycles. The summed E-state index contributed by atoms with van der Waals surface area (Å²) >= 11 is 0. The average molecular weight is 375 g/mol. The molecule has 2 aromatic rings. The zero-order valence-electron chi connectivity index (χ0n) is 15.0. The number of ether oxygens (including phenoxy) is 1. The molecular formula is C19H25N3O3S. The minimum Gasteiger partial charge on any atom is -0.473 e. The molecule has 0 unspecified atom stereocenters. The maximum atomic E-state index is 11.6. The number of hydrogen-bond acceptors (Lipinski definition) is 6. The second-order valence-corrected chi connectivity index (χ2v) is 8.95. The molecule has 1 fully saturated rings. The van der Waals surface area contributed by atoms with Crippen molar-refractivity contribution in [3.8, 4) is 5.88 Å². The molecule has 6 nitrogen and oxygen atoms in total. The number of hydrogen-bond donors (Lipinski definition) is 1. The smallest absolute Gasteiger partial charge is 0.234 e. The number of benzene rings is 1. The molecule has 1 aromatic heterocycles. The normalized spacial score (nSPS) is 15.6. The maximum absolute atomic E-state index is 11.6. The van der Waals surface area contributed by atoms with Crippen LogP contribution in [0.15, 0.2) is 36.7 Å². The molecule has 0 atom stereocenters. The lowest BCUT2D eigenvalue weighted by molar-refractivity contribution is 0.148. The van der Waals surface area contributed by atoms with Gasteiger partial charge in [0.15, 0.2) is 9.84 Å². The number of nitrogens with one attached hydrogen (secondary N) is 1. The third-order valence-electron chi connectivity index (χ3n) is 4.45.